The van der Waals surface area contributed by atoms with Gasteiger partial charge in [0.25, 0.3) is 0 Å². The third-order valence-corrected chi connectivity index (χ3v) is 2.34. The van der Waals surface area contributed by atoms with Crippen molar-refractivity contribution in [1.29, 1.82) is 0 Å². The fourth-order valence-corrected chi connectivity index (χ4v) is 1.40. The Hall–Kier alpha value is -1.38. The summed E-state index contributed by atoms with van der Waals surface area (Å²) >= 11 is 0. The minimum absolute atomic E-state index is 0.0267. The van der Waals surface area contributed by atoms with Gasteiger partial charge in [0.2, 0.25) is 5.91 Å². The van der Waals surface area contributed by atoms with Gasteiger partial charge < -0.3 is 5.32 Å². The zero-order valence-corrected chi connectivity index (χ0v) is 10.3. The minimum atomic E-state index is 0.0267. The molecular formula is C13H20N2O. The molecule has 1 amide bonds. The monoisotopic (exact) mass is 220 g/mol. The van der Waals surface area contributed by atoms with E-state index in [-0.39, 0.29) is 11.8 Å². The summed E-state index contributed by atoms with van der Waals surface area (Å²) in [4.78, 5) is 15.9. The van der Waals surface area contributed by atoms with Crippen LogP contribution in [0.5, 0.6) is 0 Å². The zero-order chi connectivity index (χ0) is 12.0. The number of carbonyl (C=O) groups excluding carboxylic acids is 1. The normalized spacial score (nSPS) is 10.5. The van der Waals surface area contributed by atoms with Gasteiger partial charge in [-0.05, 0) is 18.6 Å². The first-order valence-corrected chi connectivity index (χ1v) is 5.86. The summed E-state index contributed by atoms with van der Waals surface area (Å²) in [5.41, 5.74) is 2.03. The Morgan fingerprint density at radius 1 is 1.38 bits per heavy atom. The molecule has 0 bridgehead atoms. The van der Waals surface area contributed by atoms with E-state index in [1.54, 1.807) is 0 Å². The molecule has 0 aliphatic carbocycles. The molecule has 0 saturated carbocycles. The van der Waals surface area contributed by atoms with E-state index < -0.39 is 0 Å². The SMILES string of the molecule is CCCc1cccc(CNC(=O)C(C)C)n1. The number of nitrogens with one attached hydrogen (secondary N) is 1. The molecule has 3 nitrogen and oxygen atoms in total. The smallest absolute Gasteiger partial charge is 0.222 e. The molecule has 16 heavy (non-hydrogen) atoms. The maximum atomic E-state index is 11.4. The number of hydrogen-bond donors (Lipinski definition) is 1. The molecule has 1 rings (SSSR count). The molecule has 0 aliphatic rings. The molecule has 0 unspecified atom stereocenters. The summed E-state index contributed by atoms with van der Waals surface area (Å²) in [5, 5.41) is 2.87. The number of nitrogens with zero attached hydrogens (tertiary/aromatic N) is 1. The Morgan fingerprint density at radius 2 is 2.06 bits per heavy atom. The van der Waals surface area contributed by atoms with Gasteiger partial charge in [0.15, 0.2) is 0 Å². The van der Waals surface area contributed by atoms with Crippen molar-refractivity contribution in [3.05, 3.63) is 29.6 Å². The quantitative estimate of drug-likeness (QED) is 0.827. The molecule has 0 aliphatic heterocycles. The first kappa shape index (κ1) is 12.7. The van der Waals surface area contributed by atoms with Crippen molar-refractivity contribution in [3.8, 4) is 0 Å². The summed E-state index contributed by atoms with van der Waals surface area (Å²) in [6.07, 6.45) is 2.08. The number of pyridine rings is 1. The van der Waals surface area contributed by atoms with Gasteiger partial charge in [-0.25, -0.2) is 0 Å². The molecule has 3 heteroatoms. The van der Waals surface area contributed by atoms with Crippen molar-refractivity contribution in [2.75, 3.05) is 0 Å². The van der Waals surface area contributed by atoms with Gasteiger partial charge in [-0.2, -0.15) is 0 Å². The van der Waals surface area contributed by atoms with Crippen LogP contribution in [0, 0.1) is 5.92 Å². The first-order valence-electron chi connectivity index (χ1n) is 5.86. The predicted molar refractivity (Wildman–Crippen MR) is 64.9 cm³/mol. The highest BCUT2D eigenvalue weighted by atomic mass is 16.1. The van der Waals surface area contributed by atoms with Crippen LogP contribution in [0.15, 0.2) is 18.2 Å². The number of amides is 1. The predicted octanol–water partition coefficient (Wildman–Crippen LogP) is 2.31. The van der Waals surface area contributed by atoms with Gasteiger partial charge in [0.1, 0.15) is 0 Å². The van der Waals surface area contributed by atoms with Gasteiger partial charge >= 0.3 is 0 Å². The van der Waals surface area contributed by atoms with Crippen molar-refractivity contribution in [2.24, 2.45) is 5.92 Å². The van der Waals surface area contributed by atoms with E-state index in [2.05, 4.69) is 17.2 Å². The lowest BCUT2D eigenvalue weighted by Gasteiger charge is -2.08. The van der Waals surface area contributed by atoms with Gasteiger partial charge in [0, 0.05) is 11.6 Å². The third-order valence-electron chi connectivity index (χ3n) is 2.34. The molecule has 1 N–H and O–H groups in total. The Balaban J connectivity index is 2.53. The van der Waals surface area contributed by atoms with E-state index >= 15 is 0 Å². The van der Waals surface area contributed by atoms with Crippen LogP contribution in [-0.2, 0) is 17.8 Å². The Bertz CT molecular complexity index is 348. The number of aryl methyl sites for hydroxylation is 1. The highest BCUT2D eigenvalue weighted by Gasteiger charge is 2.06. The minimum Gasteiger partial charge on any atom is -0.350 e. The summed E-state index contributed by atoms with van der Waals surface area (Å²) in [7, 11) is 0. The van der Waals surface area contributed by atoms with Crippen LogP contribution in [0.25, 0.3) is 0 Å². The van der Waals surface area contributed by atoms with Crippen molar-refractivity contribution < 1.29 is 4.79 Å². The number of rotatable bonds is 5. The Morgan fingerprint density at radius 3 is 2.69 bits per heavy atom. The van der Waals surface area contributed by atoms with E-state index in [1.807, 2.05) is 32.0 Å². The van der Waals surface area contributed by atoms with Gasteiger partial charge in [-0.3, -0.25) is 9.78 Å². The van der Waals surface area contributed by atoms with Crippen LogP contribution in [0.1, 0.15) is 38.6 Å². The van der Waals surface area contributed by atoms with Gasteiger partial charge in [-0.15, -0.1) is 0 Å². The zero-order valence-electron chi connectivity index (χ0n) is 10.3. The van der Waals surface area contributed by atoms with E-state index in [9.17, 15) is 4.79 Å². The molecule has 0 saturated heterocycles. The summed E-state index contributed by atoms with van der Waals surface area (Å²) in [6.45, 7) is 6.43. The van der Waals surface area contributed by atoms with Gasteiger partial charge in [-0.1, -0.05) is 33.3 Å². The lowest BCUT2D eigenvalue weighted by molar-refractivity contribution is -0.124. The highest BCUT2D eigenvalue weighted by Crippen LogP contribution is 2.02. The number of aromatic nitrogens is 1. The number of carbonyl (C=O) groups is 1. The van der Waals surface area contributed by atoms with Crippen LogP contribution in [-0.4, -0.2) is 10.9 Å². The molecule has 1 aromatic rings. The summed E-state index contributed by atoms with van der Waals surface area (Å²) in [6, 6.07) is 5.96. The molecule has 0 radical (unpaired) electrons. The van der Waals surface area contributed by atoms with Crippen molar-refractivity contribution >= 4 is 5.91 Å². The average Bonchev–Trinajstić information content (AvgIpc) is 2.26. The summed E-state index contributed by atoms with van der Waals surface area (Å²) in [5.74, 6) is 0.0986. The maximum Gasteiger partial charge on any atom is 0.222 e. The van der Waals surface area contributed by atoms with Crippen molar-refractivity contribution in [2.45, 2.75) is 40.2 Å². The topological polar surface area (TPSA) is 42.0 Å². The van der Waals surface area contributed by atoms with Crippen molar-refractivity contribution in [1.82, 2.24) is 10.3 Å². The maximum absolute atomic E-state index is 11.4. The third kappa shape index (κ3) is 4.01. The lowest BCUT2D eigenvalue weighted by Crippen LogP contribution is -2.27. The van der Waals surface area contributed by atoms with Crippen LogP contribution < -0.4 is 5.32 Å². The Labute approximate surface area is 97.3 Å². The second-order valence-electron chi connectivity index (χ2n) is 4.24. The molecule has 0 aromatic carbocycles. The van der Waals surface area contributed by atoms with Crippen LogP contribution in [0.2, 0.25) is 0 Å². The standard InChI is InChI=1S/C13H20N2O/c1-4-6-11-7-5-8-12(15-11)9-14-13(16)10(2)3/h5,7-8,10H,4,6,9H2,1-3H3,(H,14,16). The second-order valence-corrected chi connectivity index (χ2v) is 4.24. The average molecular weight is 220 g/mol. The molecule has 0 fully saturated rings. The van der Waals surface area contributed by atoms with Crippen LogP contribution in [0.4, 0.5) is 0 Å². The van der Waals surface area contributed by atoms with Crippen LogP contribution >= 0.6 is 0 Å². The molecule has 1 heterocycles. The fourth-order valence-electron chi connectivity index (χ4n) is 1.40. The molecule has 0 atom stereocenters. The molecular weight excluding hydrogens is 200 g/mol. The Kier molecular flexibility index (Phi) is 4.96. The van der Waals surface area contributed by atoms with E-state index in [4.69, 9.17) is 0 Å². The fraction of sp³-hybridized carbons (Fsp3) is 0.538. The second kappa shape index (κ2) is 6.26. The van der Waals surface area contributed by atoms with E-state index in [1.165, 1.54) is 0 Å². The first-order chi connectivity index (χ1) is 7.63. The molecule has 88 valence electrons. The van der Waals surface area contributed by atoms with Crippen molar-refractivity contribution in [3.63, 3.8) is 0 Å². The van der Waals surface area contributed by atoms with E-state index in [0.29, 0.717) is 6.54 Å². The largest absolute Gasteiger partial charge is 0.350 e. The number of hydrogen-bond acceptors (Lipinski definition) is 2. The molecule has 0 spiro atoms. The lowest BCUT2D eigenvalue weighted by atomic mass is 10.2. The molecule has 1 aromatic heterocycles. The van der Waals surface area contributed by atoms with Gasteiger partial charge in [0.05, 0.1) is 12.2 Å². The summed E-state index contributed by atoms with van der Waals surface area (Å²) < 4.78 is 0. The van der Waals surface area contributed by atoms with Crippen LogP contribution in [0.3, 0.4) is 0 Å². The highest BCUT2D eigenvalue weighted by molar-refractivity contribution is 5.77. The van der Waals surface area contributed by atoms with E-state index in [0.717, 1.165) is 24.2 Å².